The van der Waals surface area contributed by atoms with Crippen LogP contribution >= 0.6 is 23.1 Å². The number of rotatable bonds is 5. The molecule has 0 bridgehead atoms. The SMILES string of the molecule is Cc1sc(S(=O)(=O)N2CCSCC2)cc1NC(=O)Cc1cccc(C(F)(F)F)c1. The summed E-state index contributed by atoms with van der Waals surface area (Å²) >= 11 is 2.77. The van der Waals surface area contributed by atoms with Gasteiger partial charge in [0.1, 0.15) is 4.21 Å². The Morgan fingerprint density at radius 3 is 2.55 bits per heavy atom. The number of hydrogen-bond donors (Lipinski definition) is 1. The minimum atomic E-state index is -4.48. The molecule has 1 aliphatic rings. The number of amides is 1. The second-order valence-electron chi connectivity index (χ2n) is 6.47. The molecule has 0 atom stereocenters. The summed E-state index contributed by atoms with van der Waals surface area (Å²) in [6.45, 7) is 2.58. The summed E-state index contributed by atoms with van der Waals surface area (Å²) in [5.41, 5.74) is -0.233. The number of hydrogen-bond acceptors (Lipinski definition) is 5. The van der Waals surface area contributed by atoms with Crippen molar-refractivity contribution in [1.29, 1.82) is 0 Å². The Hall–Kier alpha value is -1.56. The van der Waals surface area contributed by atoms with Crippen molar-refractivity contribution in [2.75, 3.05) is 29.9 Å². The van der Waals surface area contributed by atoms with Crippen molar-refractivity contribution >= 4 is 44.7 Å². The van der Waals surface area contributed by atoms with Crippen LogP contribution in [0.1, 0.15) is 16.0 Å². The molecule has 0 aliphatic carbocycles. The van der Waals surface area contributed by atoms with Gasteiger partial charge >= 0.3 is 6.18 Å². The Bertz CT molecular complexity index is 997. The molecule has 0 spiro atoms. The number of thiophene rings is 1. The number of halogens is 3. The third kappa shape index (κ3) is 5.33. The number of aryl methyl sites for hydroxylation is 1. The number of carbonyl (C=O) groups is 1. The standard InChI is InChI=1S/C18H19F3N2O3S3/c1-12-15(11-17(28-12)29(25,26)23-5-7-27-8-6-23)22-16(24)10-13-3-2-4-14(9-13)18(19,20)21/h2-4,9,11H,5-8,10H2,1H3,(H,22,24). The molecule has 2 aromatic rings. The maximum atomic E-state index is 12.8. The highest BCUT2D eigenvalue weighted by atomic mass is 32.2. The van der Waals surface area contributed by atoms with E-state index in [4.69, 9.17) is 0 Å². The Labute approximate surface area is 175 Å². The van der Waals surface area contributed by atoms with Crippen molar-refractivity contribution in [3.8, 4) is 0 Å². The van der Waals surface area contributed by atoms with Crippen molar-refractivity contribution in [2.24, 2.45) is 0 Å². The number of benzene rings is 1. The van der Waals surface area contributed by atoms with E-state index in [1.165, 1.54) is 22.5 Å². The van der Waals surface area contributed by atoms with Crippen molar-refractivity contribution in [2.45, 2.75) is 23.7 Å². The predicted molar refractivity (Wildman–Crippen MR) is 109 cm³/mol. The fourth-order valence-corrected chi connectivity index (χ4v) is 6.99. The zero-order valence-corrected chi connectivity index (χ0v) is 17.9. The molecule has 0 saturated carbocycles. The Morgan fingerprint density at radius 1 is 1.21 bits per heavy atom. The fourth-order valence-electron chi connectivity index (χ4n) is 2.86. The van der Waals surface area contributed by atoms with Crippen LogP contribution in [0.5, 0.6) is 0 Å². The van der Waals surface area contributed by atoms with Crippen LogP contribution in [0.15, 0.2) is 34.5 Å². The summed E-state index contributed by atoms with van der Waals surface area (Å²) in [6, 6.07) is 5.99. The van der Waals surface area contributed by atoms with Crippen LogP contribution in [0, 0.1) is 6.92 Å². The van der Waals surface area contributed by atoms with Gasteiger partial charge in [-0.1, -0.05) is 18.2 Å². The summed E-state index contributed by atoms with van der Waals surface area (Å²) in [6.07, 6.45) is -4.72. The van der Waals surface area contributed by atoms with Crippen LogP contribution in [-0.4, -0.2) is 43.2 Å². The monoisotopic (exact) mass is 464 g/mol. The maximum Gasteiger partial charge on any atom is 0.416 e. The minimum absolute atomic E-state index is 0.149. The van der Waals surface area contributed by atoms with Gasteiger partial charge in [0, 0.05) is 29.5 Å². The summed E-state index contributed by atoms with van der Waals surface area (Å²) in [4.78, 5) is 12.9. The van der Waals surface area contributed by atoms with E-state index in [0.717, 1.165) is 35.0 Å². The smallest absolute Gasteiger partial charge is 0.325 e. The lowest BCUT2D eigenvalue weighted by Crippen LogP contribution is -2.37. The molecule has 0 radical (unpaired) electrons. The largest absolute Gasteiger partial charge is 0.416 e. The Kier molecular flexibility index (Phi) is 6.61. The number of nitrogens with zero attached hydrogens (tertiary/aromatic N) is 1. The van der Waals surface area contributed by atoms with Gasteiger partial charge in [0.2, 0.25) is 5.91 Å². The van der Waals surface area contributed by atoms with E-state index in [-0.39, 0.29) is 16.2 Å². The first kappa shape index (κ1) is 22.1. The molecule has 1 saturated heterocycles. The first-order chi connectivity index (χ1) is 13.6. The first-order valence-electron chi connectivity index (χ1n) is 8.71. The third-order valence-electron chi connectivity index (χ3n) is 4.35. The molecule has 1 N–H and O–H groups in total. The van der Waals surface area contributed by atoms with Gasteiger partial charge in [0.25, 0.3) is 10.0 Å². The van der Waals surface area contributed by atoms with Gasteiger partial charge in [-0.05, 0) is 24.6 Å². The van der Waals surface area contributed by atoms with Crippen molar-refractivity contribution < 1.29 is 26.4 Å². The molecule has 0 unspecified atom stereocenters. The first-order valence-corrected chi connectivity index (χ1v) is 12.1. The number of sulfonamides is 1. The van der Waals surface area contributed by atoms with Gasteiger partial charge < -0.3 is 5.32 Å². The molecule has 2 heterocycles. The van der Waals surface area contributed by atoms with Crippen molar-refractivity contribution in [3.05, 3.63) is 46.3 Å². The van der Waals surface area contributed by atoms with Gasteiger partial charge in [0.05, 0.1) is 17.7 Å². The molecular formula is C18H19F3N2O3S3. The number of nitrogens with one attached hydrogen (secondary N) is 1. The van der Waals surface area contributed by atoms with Gasteiger partial charge in [-0.3, -0.25) is 4.79 Å². The van der Waals surface area contributed by atoms with E-state index in [0.29, 0.717) is 23.7 Å². The molecule has 1 aromatic carbocycles. The molecule has 11 heteroatoms. The molecule has 158 valence electrons. The molecule has 3 rings (SSSR count). The van der Waals surface area contributed by atoms with Gasteiger partial charge in [-0.15, -0.1) is 11.3 Å². The highest BCUT2D eigenvalue weighted by Crippen LogP contribution is 2.33. The second-order valence-corrected chi connectivity index (χ2v) is 11.1. The van der Waals surface area contributed by atoms with Gasteiger partial charge in [-0.2, -0.15) is 29.2 Å². The number of alkyl halides is 3. The lowest BCUT2D eigenvalue weighted by molar-refractivity contribution is -0.137. The maximum absolute atomic E-state index is 12.8. The second kappa shape index (κ2) is 8.66. The van der Waals surface area contributed by atoms with Crippen LogP contribution in [0.4, 0.5) is 18.9 Å². The van der Waals surface area contributed by atoms with E-state index in [2.05, 4.69) is 5.32 Å². The number of carbonyl (C=O) groups excluding carboxylic acids is 1. The van der Waals surface area contributed by atoms with E-state index < -0.39 is 27.7 Å². The fraction of sp³-hybridized carbons (Fsp3) is 0.389. The molecular weight excluding hydrogens is 445 g/mol. The molecule has 1 amide bonds. The summed E-state index contributed by atoms with van der Waals surface area (Å²) in [5.74, 6) is 0.970. The van der Waals surface area contributed by atoms with Crippen LogP contribution in [0.3, 0.4) is 0 Å². The molecule has 5 nitrogen and oxygen atoms in total. The van der Waals surface area contributed by atoms with E-state index >= 15 is 0 Å². The number of thioether (sulfide) groups is 1. The summed E-state index contributed by atoms with van der Waals surface area (Å²) in [7, 11) is -3.62. The highest BCUT2D eigenvalue weighted by Gasteiger charge is 2.31. The van der Waals surface area contributed by atoms with E-state index in [9.17, 15) is 26.4 Å². The average molecular weight is 465 g/mol. The van der Waals surface area contributed by atoms with E-state index in [1.807, 2.05) is 0 Å². The van der Waals surface area contributed by atoms with Crippen molar-refractivity contribution in [3.63, 3.8) is 0 Å². The van der Waals surface area contributed by atoms with Gasteiger partial charge in [0.15, 0.2) is 0 Å². The topological polar surface area (TPSA) is 66.5 Å². The predicted octanol–water partition coefficient (Wildman–Crippen LogP) is 3.99. The number of anilines is 1. The highest BCUT2D eigenvalue weighted by molar-refractivity contribution is 7.99. The lowest BCUT2D eigenvalue weighted by Gasteiger charge is -2.24. The Balaban J connectivity index is 1.72. The third-order valence-corrected chi connectivity index (χ3v) is 8.69. The molecule has 1 aliphatic heterocycles. The molecule has 29 heavy (non-hydrogen) atoms. The normalized spacial score (nSPS) is 16.0. The van der Waals surface area contributed by atoms with Crippen molar-refractivity contribution in [1.82, 2.24) is 4.31 Å². The van der Waals surface area contributed by atoms with Crippen LogP contribution < -0.4 is 5.32 Å². The van der Waals surface area contributed by atoms with E-state index in [1.54, 1.807) is 18.7 Å². The average Bonchev–Trinajstić information content (AvgIpc) is 3.03. The lowest BCUT2D eigenvalue weighted by atomic mass is 10.1. The molecule has 1 aromatic heterocycles. The van der Waals surface area contributed by atoms with Gasteiger partial charge in [-0.25, -0.2) is 8.42 Å². The van der Waals surface area contributed by atoms with Crippen LogP contribution in [0.25, 0.3) is 0 Å². The summed E-state index contributed by atoms with van der Waals surface area (Å²) in [5, 5.41) is 2.62. The quantitative estimate of drug-likeness (QED) is 0.727. The Morgan fingerprint density at radius 2 is 1.90 bits per heavy atom. The van der Waals surface area contributed by atoms with Crippen LogP contribution in [0.2, 0.25) is 0 Å². The minimum Gasteiger partial charge on any atom is -0.325 e. The molecule has 1 fully saturated rings. The summed E-state index contributed by atoms with van der Waals surface area (Å²) < 4.78 is 65.6. The zero-order valence-electron chi connectivity index (χ0n) is 15.5. The van der Waals surface area contributed by atoms with Crippen LogP contribution in [-0.2, 0) is 27.4 Å². The zero-order chi connectivity index (χ0) is 21.2.